The Morgan fingerprint density at radius 2 is 1.95 bits per heavy atom. The number of halogens is 1. The first-order valence-electron chi connectivity index (χ1n) is 6.79. The van der Waals surface area contributed by atoms with E-state index in [1.807, 2.05) is 0 Å². The van der Waals surface area contributed by atoms with Crippen molar-refractivity contribution in [2.75, 3.05) is 44.2 Å². The molecule has 7 heteroatoms. The highest BCUT2D eigenvalue weighted by Gasteiger charge is 2.28. The van der Waals surface area contributed by atoms with Gasteiger partial charge in [0.05, 0.1) is 4.92 Å². The Labute approximate surface area is 116 Å². The number of nitro groups is 1. The molecule has 2 fully saturated rings. The van der Waals surface area contributed by atoms with Crippen LogP contribution in [0.5, 0.6) is 0 Å². The Bertz CT molecular complexity index is 513. The lowest BCUT2D eigenvalue weighted by atomic mass is 10.1. The molecule has 0 aliphatic carbocycles. The van der Waals surface area contributed by atoms with Gasteiger partial charge in [0, 0.05) is 63.1 Å². The molecule has 1 aromatic rings. The van der Waals surface area contributed by atoms with Crippen LogP contribution in [0.3, 0.4) is 0 Å². The zero-order chi connectivity index (χ0) is 14.1. The van der Waals surface area contributed by atoms with Gasteiger partial charge in [-0.1, -0.05) is 0 Å². The van der Waals surface area contributed by atoms with Crippen molar-refractivity contribution in [2.24, 2.45) is 0 Å². The Kier molecular flexibility index (Phi) is 3.54. The van der Waals surface area contributed by atoms with Crippen molar-refractivity contribution in [2.45, 2.75) is 6.04 Å². The van der Waals surface area contributed by atoms with Crippen LogP contribution < -0.4 is 10.2 Å². The van der Waals surface area contributed by atoms with Gasteiger partial charge in [-0.3, -0.25) is 15.0 Å². The van der Waals surface area contributed by atoms with Crippen LogP contribution in [0.25, 0.3) is 0 Å². The van der Waals surface area contributed by atoms with Crippen molar-refractivity contribution < 1.29 is 9.31 Å². The standard InChI is InChI=1S/C13H17FN4O2/c14-12-7-10(1-2-13(12)18(19)20)16-3-5-17(6-4-16)11-8-15-9-11/h1-2,7,11,15H,3-6,8-9H2. The van der Waals surface area contributed by atoms with E-state index in [0.29, 0.717) is 6.04 Å². The fraction of sp³-hybridized carbons (Fsp3) is 0.538. The Hall–Kier alpha value is -1.73. The molecule has 108 valence electrons. The van der Waals surface area contributed by atoms with Gasteiger partial charge in [0.15, 0.2) is 0 Å². The van der Waals surface area contributed by atoms with Gasteiger partial charge in [-0.25, -0.2) is 0 Å². The minimum absolute atomic E-state index is 0.465. The van der Waals surface area contributed by atoms with E-state index in [1.54, 1.807) is 6.07 Å². The largest absolute Gasteiger partial charge is 0.369 e. The van der Waals surface area contributed by atoms with Crippen LogP contribution in [0, 0.1) is 15.9 Å². The van der Waals surface area contributed by atoms with Crippen LogP contribution in [0.2, 0.25) is 0 Å². The van der Waals surface area contributed by atoms with Gasteiger partial charge in [-0.05, 0) is 6.07 Å². The second-order valence-corrected chi connectivity index (χ2v) is 5.23. The second-order valence-electron chi connectivity index (χ2n) is 5.23. The number of benzene rings is 1. The van der Waals surface area contributed by atoms with Gasteiger partial charge < -0.3 is 10.2 Å². The molecular formula is C13H17FN4O2. The first-order valence-corrected chi connectivity index (χ1v) is 6.79. The molecule has 0 unspecified atom stereocenters. The molecular weight excluding hydrogens is 263 g/mol. The van der Waals surface area contributed by atoms with Gasteiger partial charge in [-0.15, -0.1) is 0 Å². The molecule has 0 amide bonds. The summed E-state index contributed by atoms with van der Waals surface area (Å²) >= 11 is 0. The van der Waals surface area contributed by atoms with E-state index in [0.717, 1.165) is 45.0 Å². The fourth-order valence-corrected chi connectivity index (χ4v) is 2.72. The number of nitrogens with one attached hydrogen (secondary N) is 1. The average Bonchev–Trinajstić information content (AvgIpc) is 2.37. The fourth-order valence-electron chi connectivity index (χ4n) is 2.72. The first-order chi connectivity index (χ1) is 9.65. The molecule has 0 bridgehead atoms. The normalized spacial score (nSPS) is 20.8. The van der Waals surface area contributed by atoms with E-state index >= 15 is 0 Å². The number of rotatable bonds is 3. The lowest BCUT2D eigenvalue weighted by Gasteiger charge is -2.43. The third kappa shape index (κ3) is 2.46. The molecule has 0 aromatic heterocycles. The lowest BCUT2D eigenvalue weighted by Crippen LogP contribution is -2.61. The zero-order valence-corrected chi connectivity index (χ0v) is 11.1. The van der Waals surface area contributed by atoms with Crippen LogP contribution in [-0.4, -0.2) is 55.1 Å². The second kappa shape index (κ2) is 5.34. The molecule has 2 aliphatic rings. The third-order valence-corrected chi connectivity index (χ3v) is 4.08. The van der Waals surface area contributed by atoms with Gasteiger partial charge in [-0.2, -0.15) is 4.39 Å². The number of hydrogen-bond acceptors (Lipinski definition) is 5. The average molecular weight is 280 g/mol. The Morgan fingerprint density at radius 1 is 1.25 bits per heavy atom. The number of nitrogens with zero attached hydrogens (tertiary/aromatic N) is 3. The monoisotopic (exact) mass is 280 g/mol. The predicted octanol–water partition coefficient (Wildman–Crippen LogP) is 0.828. The van der Waals surface area contributed by atoms with Crippen molar-refractivity contribution in [3.63, 3.8) is 0 Å². The van der Waals surface area contributed by atoms with E-state index < -0.39 is 16.4 Å². The molecule has 2 heterocycles. The summed E-state index contributed by atoms with van der Waals surface area (Å²) in [4.78, 5) is 14.4. The molecule has 2 saturated heterocycles. The molecule has 1 N–H and O–H groups in total. The maximum absolute atomic E-state index is 13.6. The third-order valence-electron chi connectivity index (χ3n) is 4.08. The number of anilines is 1. The minimum atomic E-state index is -0.766. The molecule has 0 radical (unpaired) electrons. The first kappa shape index (κ1) is 13.3. The van der Waals surface area contributed by atoms with Gasteiger partial charge in [0.2, 0.25) is 5.82 Å². The van der Waals surface area contributed by atoms with E-state index in [-0.39, 0.29) is 0 Å². The highest BCUT2D eigenvalue weighted by atomic mass is 19.1. The van der Waals surface area contributed by atoms with E-state index in [9.17, 15) is 14.5 Å². The van der Waals surface area contributed by atoms with E-state index in [1.165, 1.54) is 12.1 Å². The van der Waals surface area contributed by atoms with Crippen LogP contribution in [0.1, 0.15) is 0 Å². The summed E-state index contributed by atoms with van der Waals surface area (Å²) in [5.74, 6) is -0.766. The molecule has 3 rings (SSSR count). The molecule has 1 aromatic carbocycles. The summed E-state index contributed by atoms with van der Waals surface area (Å²) in [7, 11) is 0. The number of nitro benzene ring substituents is 1. The van der Waals surface area contributed by atoms with Crippen molar-refractivity contribution in [3.05, 3.63) is 34.1 Å². The van der Waals surface area contributed by atoms with Crippen LogP contribution >= 0.6 is 0 Å². The maximum atomic E-state index is 13.6. The summed E-state index contributed by atoms with van der Waals surface area (Å²) in [6, 6.07) is 4.76. The number of piperazine rings is 1. The topological polar surface area (TPSA) is 61.7 Å². The zero-order valence-electron chi connectivity index (χ0n) is 11.1. The summed E-state index contributed by atoms with van der Waals surface area (Å²) in [5, 5.41) is 13.9. The predicted molar refractivity (Wildman–Crippen MR) is 73.5 cm³/mol. The summed E-state index contributed by atoms with van der Waals surface area (Å²) in [6.07, 6.45) is 0. The number of hydrogen-bond donors (Lipinski definition) is 1. The van der Waals surface area contributed by atoms with Crippen LogP contribution in [0.4, 0.5) is 15.8 Å². The van der Waals surface area contributed by atoms with Crippen molar-refractivity contribution in [3.8, 4) is 0 Å². The molecule has 0 atom stereocenters. The van der Waals surface area contributed by atoms with Crippen molar-refractivity contribution in [1.29, 1.82) is 0 Å². The highest BCUT2D eigenvalue weighted by molar-refractivity contribution is 5.52. The smallest absolute Gasteiger partial charge is 0.304 e. The SMILES string of the molecule is O=[N+]([O-])c1ccc(N2CCN(C3CNC3)CC2)cc1F. The molecule has 0 saturated carbocycles. The Morgan fingerprint density at radius 3 is 2.45 bits per heavy atom. The molecule has 2 aliphatic heterocycles. The summed E-state index contributed by atoms with van der Waals surface area (Å²) < 4.78 is 13.6. The maximum Gasteiger partial charge on any atom is 0.304 e. The minimum Gasteiger partial charge on any atom is -0.369 e. The molecule has 6 nitrogen and oxygen atoms in total. The Balaban J connectivity index is 1.65. The highest BCUT2D eigenvalue weighted by Crippen LogP contribution is 2.24. The van der Waals surface area contributed by atoms with E-state index in [2.05, 4.69) is 15.1 Å². The van der Waals surface area contributed by atoms with Crippen LogP contribution in [-0.2, 0) is 0 Å². The molecule has 20 heavy (non-hydrogen) atoms. The molecule has 0 spiro atoms. The summed E-state index contributed by atoms with van der Waals surface area (Å²) in [6.45, 7) is 5.65. The van der Waals surface area contributed by atoms with Gasteiger partial charge in [0.1, 0.15) is 0 Å². The van der Waals surface area contributed by atoms with Gasteiger partial charge >= 0.3 is 5.69 Å². The lowest BCUT2D eigenvalue weighted by molar-refractivity contribution is -0.387. The summed E-state index contributed by atoms with van der Waals surface area (Å²) in [5.41, 5.74) is 0.257. The quantitative estimate of drug-likeness (QED) is 0.656. The van der Waals surface area contributed by atoms with Crippen molar-refractivity contribution >= 4 is 11.4 Å². The van der Waals surface area contributed by atoms with Crippen molar-refractivity contribution in [1.82, 2.24) is 10.2 Å². The van der Waals surface area contributed by atoms with Crippen LogP contribution in [0.15, 0.2) is 18.2 Å². The van der Waals surface area contributed by atoms with Gasteiger partial charge in [0.25, 0.3) is 0 Å². The van der Waals surface area contributed by atoms with E-state index in [4.69, 9.17) is 0 Å².